The van der Waals surface area contributed by atoms with Crippen molar-refractivity contribution >= 4 is 11.6 Å². The van der Waals surface area contributed by atoms with Crippen LogP contribution in [-0.2, 0) is 9.53 Å². The molecule has 0 saturated carbocycles. The summed E-state index contributed by atoms with van der Waals surface area (Å²) in [6, 6.07) is 3.44. The van der Waals surface area contributed by atoms with E-state index in [9.17, 15) is 4.79 Å². The Bertz CT molecular complexity index is 523. The minimum atomic E-state index is -0.444. The van der Waals surface area contributed by atoms with Crippen molar-refractivity contribution in [1.29, 1.82) is 5.26 Å². The molecule has 0 fully saturated rings. The number of rotatable bonds is 6. The Morgan fingerprint density at radius 1 is 1.55 bits per heavy atom. The van der Waals surface area contributed by atoms with Crippen molar-refractivity contribution in [2.45, 2.75) is 26.8 Å². The maximum atomic E-state index is 11.9. The molecule has 0 spiro atoms. The zero-order valence-electron chi connectivity index (χ0n) is 12.3. The first-order valence-electron chi connectivity index (χ1n) is 6.41. The largest absolute Gasteiger partial charge is 0.383 e. The second kappa shape index (κ2) is 7.46. The summed E-state index contributed by atoms with van der Waals surface area (Å²) >= 11 is 0. The molecule has 0 aliphatic heterocycles. The minimum Gasteiger partial charge on any atom is -0.383 e. The van der Waals surface area contributed by atoms with Crippen molar-refractivity contribution in [2.24, 2.45) is 0 Å². The van der Waals surface area contributed by atoms with Crippen LogP contribution in [0.5, 0.6) is 0 Å². The van der Waals surface area contributed by atoms with E-state index in [2.05, 4.69) is 21.7 Å². The van der Waals surface area contributed by atoms with Crippen LogP contribution in [0.2, 0.25) is 0 Å². The molecule has 2 N–H and O–H groups in total. The minimum absolute atomic E-state index is 0.141. The van der Waals surface area contributed by atoms with Crippen molar-refractivity contribution in [3.8, 4) is 6.07 Å². The lowest BCUT2D eigenvalue weighted by Gasteiger charge is -2.17. The quantitative estimate of drug-likeness (QED) is 0.761. The van der Waals surface area contributed by atoms with E-state index < -0.39 is 6.04 Å². The number of aromatic nitrogens is 1. The molecule has 108 valence electrons. The predicted octanol–water partition coefficient (Wildman–Crippen LogP) is 1.13. The Morgan fingerprint density at radius 2 is 2.25 bits per heavy atom. The van der Waals surface area contributed by atoms with Gasteiger partial charge >= 0.3 is 0 Å². The molecule has 1 atom stereocenters. The van der Waals surface area contributed by atoms with Gasteiger partial charge in [-0.1, -0.05) is 0 Å². The Labute approximate surface area is 119 Å². The number of nitrogens with one attached hydrogen (secondary N) is 2. The maximum Gasteiger partial charge on any atom is 0.242 e. The highest BCUT2D eigenvalue weighted by Gasteiger charge is 2.15. The van der Waals surface area contributed by atoms with Crippen LogP contribution >= 0.6 is 0 Å². The average Bonchev–Trinajstić information content (AvgIpc) is 2.38. The molecule has 1 amide bonds. The van der Waals surface area contributed by atoms with Crippen molar-refractivity contribution in [1.82, 2.24) is 10.3 Å². The van der Waals surface area contributed by atoms with Gasteiger partial charge in [0, 0.05) is 19.3 Å². The molecule has 0 aliphatic rings. The molecule has 1 heterocycles. The van der Waals surface area contributed by atoms with Gasteiger partial charge < -0.3 is 15.4 Å². The van der Waals surface area contributed by atoms with Gasteiger partial charge in [-0.25, -0.2) is 0 Å². The molecule has 0 aromatic carbocycles. The third-order valence-electron chi connectivity index (χ3n) is 2.81. The molecule has 1 unspecified atom stereocenters. The van der Waals surface area contributed by atoms with Gasteiger partial charge in [-0.2, -0.15) is 5.26 Å². The number of amides is 1. The molecule has 1 aromatic heterocycles. The van der Waals surface area contributed by atoms with Gasteiger partial charge in [-0.05, 0) is 26.8 Å². The number of nitrogens with zero attached hydrogens (tertiary/aromatic N) is 2. The monoisotopic (exact) mass is 276 g/mol. The molecular formula is C14H20N4O2. The van der Waals surface area contributed by atoms with Crippen molar-refractivity contribution in [2.75, 3.05) is 25.6 Å². The Hall–Kier alpha value is -2.13. The number of anilines is 1. The van der Waals surface area contributed by atoms with Gasteiger partial charge in [0.1, 0.15) is 12.1 Å². The van der Waals surface area contributed by atoms with Crippen LogP contribution in [0.1, 0.15) is 23.9 Å². The Morgan fingerprint density at radius 3 is 2.85 bits per heavy atom. The van der Waals surface area contributed by atoms with Crippen molar-refractivity contribution < 1.29 is 9.53 Å². The summed E-state index contributed by atoms with van der Waals surface area (Å²) in [5, 5.41) is 15.0. The second-order valence-corrected chi connectivity index (χ2v) is 4.53. The lowest BCUT2D eigenvalue weighted by molar-refractivity contribution is -0.121. The summed E-state index contributed by atoms with van der Waals surface area (Å²) in [5.41, 5.74) is 2.55. The lowest BCUT2D eigenvalue weighted by Crippen LogP contribution is -2.39. The predicted molar refractivity (Wildman–Crippen MR) is 76.4 cm³/mol. The summed E-state index contributed by atoms with van der Waals surface area (Å²) in [7, 11) is 1.58. The highest BCUT2D eigenvalue weighted by Crippen LogP contribution is 2.19. The fraction of sp³-hybridized carbons (Fsp3) is 0.500. The highest BCUT2D eigenvalue weighted by atomic mass is 16.5. The van der Waals surface area contributed by atoms with Gasteiger partial charge in [-0.15, -0.1) is 0 Å². The normalized spacial score (nSPS) is 11.6. The van der Waals surface area contributed by atoms with Crippen molar-refractivity contribution in [3.63, 3.8) is 0 Å². The zero-order valence-corrected chi connectivity index (χ0v) is 12.3. The number of ether oxygens (including phenoxy) is 1. The van der Waals surface area contributed by atoms with Crippen LogP contribution in [0.25, 0.3) is 0 Å². The molecule has 1 rings (SSSR count). The van der Waals surface area contributed by atoms with E-state index >= 15 is 0 Å². The molecule has 1 aromatic rings. The van der Waals surface area contributed by atoms with Crippen LogP contribution in [0.3, 0.4) is 0 Å². The molecule has 6 heteroatoms. The third kappa shape index (κ3) is 4.21. The summed E-state index contributed by atoms with van der Waals surface area (Å²) in [6.07, 6.45) is 0. The summed E-state index contributed by atoms with van der Waals surface area (Å²) in [5.74, 6) is -0.141. The van der Waals surface area contributed by atoms with Crippen LogP contribution < -0.4 is 10.6 Å². The van der Waals surface area contributed by atoms with Crippen LogP contribution in [-0.4, -0.2) is 37.2 Å². The molecule has 0 bridgehead atoms. The topological polar surface area (TPSA) is 87.0 Å². The summed E-state index contributed by atoms with van der Waals surface area (Å²) < 4.78 is 4.87. The molecule has 20 heavy (non-hydrogen) atoms. The molecule has 0 saturated heterocycles. The Kier molecular flexibility index (Phi) is 5.94. The average molecular weight is 276 g/mol. The Balaban J connectivity index is 2.78. The summed E-state index contributed by atoms with van der Waals surface area (Å²) in [4.78, 5) is 16.1. The van der Waals surface area contributed by atoms with E-state index in [-0.39, 0.29) is 5.91 Å². The van der Waals surface area contributed by atoms with Gasteiger partial charge in [0.25, 0.3) is 0 Å². The van der Waals surface area contributed by atoms with E-state index in [4.69, 9.17) is 10.00 Å². The SMILES string of the molecule is COCCNC(=O)C(C)Nc1cc(C)nc(C)c1C#N. The lowest BCUT2D eigenvalue weighted by atomic mass is 10.1. The van der Waals surface area contributed by atoms with E-state index in [1.54, 1.807) is 27.0 Å². The fourth-order valence-electron chi connectivity index (χ4n) is 1.81. The molecular weight excluding hydrogens is 256 g/mol. The smallest absolute Gasteiger partial charge is 0.242 e. The van der Waals surface area contributed by atoms with E-state index in [0.717, 1.165) is 5.69 Å². The van der Waals surface area contributed by atoms with Crippen LogP contribution in [0.4, 0.5) is 5.69 Å². The first-order valence-corrected chi connectivity index (χ1v) is 6.41. The first kappa shape index (κ1) is 15.9. The number of carbonyl (C=O) groups excluding carboxylic acids is 1. The van der Waals surface area contributed by atoms with Crippen LogP contribution in [0.15, 0.2) is 6.07 Å². The van der Waals surface area contributed by atoms with Crippen LogP contribution in [0, 0.1) is 25.2 Å². The van der Waals surface area contributed by atoms with Gasteiger partial charge in [0.15, 0.2) is 0 Å². The molecule has 6 nitrogen and oxygen atoms in total. The number of hydrogen-bond acceptors (Lipinski definition) is 5. The summed E-state index contributed by atoms with van der Waals surface area (Å²) in [6.45, 7) is 6.30. The maximum absolute atomic E-state index is 11.9. The standard InChI is InChI=1S/C14H20N4O2/c1-9-7-13(12(8-15)10(2)17-9)18-11(3)14(19)16-5-6-20-4/h7,11H,5-6H2,1-4H3,(H,16,19)(H,17,18). The zero-order chi connectivity index (χ0) is 15.1. The van der Waals surface area contributed by atoms with E-state index in [1.807, 2.05) is 6.92 Å². The van der Waals surface area contributed by atoms with E-state index in [1.165, 1.54) is 0 Å². The second-order valence-electron chi connectivity index (χ2n) is 4.53. The number of hydrogen-bond donors (Lipinski definition) is 2. The molecule has 0 aliphatic carbocycles. The number of methoxy groups -OCH3 is 1. The van der Waals surface area contributed by atoms with Gasteiger partial charge in [-0.3, -0.25) is 9.78 Å². The molecule has 0 radical (unpaired) electrons. The van der Waals surface area contributed by atoms with E-state index in [0.29, 0.717) is 30.1 Å². The number of nitriles is 1. The highest BCUT2D eigenvalue weighted by molar-refractivity contribution is 5.84. The van der Waals surface area contributed by atoms with Gasteiger partial charge in [0.05, 0.1) is 23.6 Å². The fourth-order valence-corrected chi connectivity index (χ4v) is 1.81. The third-order valence-corrected chi connectivity index (χ3v) is 2.81. The number of aryl methyl sites for hydroxylation is 2. The first-order chi connectivity index (χ1) is 9.49. The van der Waals surface area contributed by atoms with Gasteiger partial charge in [0.2, 0.25) is 5.91 Å². The number of carbonyl (C=O) groups is 1. The van der Waals surface area contributed by atoms with Crippen molar-refractivity contribution in [3.05, 3.63) is 23.0 Å². The number of pyridine rings is 1.